The molecule has 2 aromatic heterocycles. The highest BCUT2D eigenvalue weighted by Gasteiger charge is 2.38. The fourth-order valence-corrected chi connectivity index (χ4v) is 3.80. The quantitative estimate of drug-likeness (QED) is 0.244. The maximum absolute atomic E-state index is 13.3. The Hall–Kier alpha value is -3.35. The number of sulfonamides is 1. The molecule has 3 rings (SSSR count). The number of nitrogens with one attached hydrogen (secondary N) is 3. The van der Waals surface area contributed by atoms with Gasteiger partial charge in [-0.3, -0.25) is 9.89 Å². The Morgan fingerprint density at radius 1 is 1.11 bits per heavy atom. The van der Waals surface area contributed by atoms with E-state index in [4.69, 9.17) is 15.0 Å². The first-order chi connectivity index (χ1) is 17.0. The van der Waals surface area contributed by atoms with Crippen LogP contribution in [-0.4, -0.2) is 71.2 Å². The van der Waals surface area contributed by atoms with Gasteiger partial charge in [0.15, 0.2) is 0 Å². The number of nitrogens with zero attached hydrogens (tertiary/aromatic N) is 3. The van der Waals surface area contributed by atoms with Crippen LogP contribution >= 0.6 is 0 Å². The van der Waals surface area contributed by atoms with E-state index in [-0.39, 0.29) is 35.9 Å². The van der Waals surface area contributed by atoms with E-state index in [1.165, 1.54) is 6.07 Å². The first-order valence-corrected chi connectivity index (χ1v) is 12.2. The van der Waals surface area contributed by atoms with Crippen molar-refractivity contribution in [3.05, 3.63) is 33.5 Å². The van der Waals surface area contributed by atoms with Gasteiger partial charge >= 0.3 is 18.3 Å². The predicted molar refractivity (Wildman–Crippen MR) is 117 cm³/mol. The molecule has 19 heteroatoms. The van der Waals surface area contributed by atoms with Gasteiger partial charge in [-0.25, -0.2) is 28.3 Å². The number of hydrogen-bond donors (Lipinski definition) is 5. The fraction of sp³-hybridized carbons (Fsp3) is 0.556. The second-order valence-electron chi connectivity index (χ2n) is 7.76. The van der Waals surface area contributed by atoms with E-state index in [0.29, 0.717) is 37.9 Å². The molecular formula is C18H23F6N7O5S. The fourth-order valence-electron chi connectivity index (χ4n) is 3.19. The summed E-state index contributed by atoms with van der Waals surface area (Å²) in [6.07, 6.45) is -8.33. The highest BCUT2D eigenvalue weighted by molar-refractivity contribution is 7.89. The molecule has 1 aliphatic heterocycles. The summed E-state index contributed by atoms with van der Waals surface area (Å²) in [5.41, 5.74) is 1.10. The molecule has 208 valence electrons. The minimum absolute atomic E-state index is 0.0106. The number of primary sulfonamides is 1. The summed E-state index contributed by atoms with van der Waals surface area (Å²) in [6, 6.07) is 1.42. The van der Waals surface area contributed by atoms with Gasteiger partial charge in [0.2, 0.25) is 15.8 Å². The lowest BCUT2D eigenvalue weighted by molar-refractivity contribution is -0.192. The third-order valence-electron chi connectivity index (χ3n) is 4.92. The van der Waals surface area contributed by atoms with Gasteiger partial charge in [0.05, 0.1) is 5.75 Å². The molecule has 6 N–H and O–H groups in total. The Morgan fingerprint density at radius 3 is 2.30 bits per heavy atom. The molecule has 0 aromatic carbocycles. The van der Waals surface area contributed by atoms with E-state index in [2.05, 4.69) is 25.5 Å². The first-order valence-electron chi connectivity index (χ1n) is 10.5. The third-order valence-corrected chi connectivity index (χ3v) is 5.78. The van der Waals surface area contributed by atoms with Crippen LogP contribution in [0.15, 0.2) is 10.9 Å². The van der Waals surface area contributed by atoms with Crippen molar-refractivity contribution in [2.45, 2.75) is 38.0 Å². The molecule has 0 spiro atoms. The summed E-state index contributed by atoms with van der Waals surface area (Å²) >= 11 is 0. The van der Waals surface area contributed by atoms with Gasteiger partial charge in [-0.05, 0) is 19.3 Å². The summed E-state index contributed by atoms with van der Waals surface area (Å²) in [5, 5.41) is 20.1. The Bertz CT molecular complexity index is 1240. The molecule has 12 nitrogen and oxygen atoms in total. The van der Waals surface area contributed by atoms with Gasteiger partial charge in [0.25, 0.3) is 5.56 Å². The van der Waals surface area contributed by atoms with E-state index < -0.39 is 34.2 Å². The Kier molecular flexibility index (Phi) is 9.53. The van der Waals surface area contributed by atoms with Crippen LogP contribution in [0.5, 0.6) is 0 Å². The Morgan fingerprint density at radius 2 is 1.73 bits per heavy atom. The van der Waals surface area contributed by atoms with Gasteiger partial charge < -0.3 is 20.4 Å². The zero-order chi connectivity index (χ0) is 28.0. The van der Waals surface area contributed by atoms with Crippen molar-refractivity contribution >= 4 is 27.6 Å². The number of hydrogen-bond acceptors (Lipinski definition) is 8. The van der Waals surface area contributed by atoms with Crippen LogP contribution in [0.2, 0.25) is 0 Å². The van der Waals surface area contributed by atoms with E-state index in [1.807, 2.05) is 0 Å². The number of H-pyrrole nitrogens is 2. The largest absolute Gasteiger partial charge is 0.490 e. The summed E-state index contributed by atoms with van der Waals surface area (Å²) in [5.74, 6) is -4.14. The molecule has 2 aromatic rings. The zero-order valence-electron chi connectivity index (χ0n) is 18.9. The summed E-state index contributed by atoms with van der Waals surface area (Å²) in [4.78, 5) is 29.6. The lowest BCUT2D eigenvalue weighted by atomic mass is 10.2. The molecule has 0 aliphatic carbocycles. The predicted octanol–water partition coefficient (Wildman–Crippen LogP) is 1.23. The number of aromatic amines is 2. The van der Waals surface area contributed by atoms with Crippen molar-refractivity contribution in [3.8, 4) is 0 Å². The average Bonchev–Trinajstić information content (AvgIpc) is 2.98. The Labute approximate surface area is 205 Å². The molecule has 0 fully saturated rings. The molecule has 3 heterocycles. The summed E-state index contributed by atoms with van der Waals surface area (Å²) in [7, 11) is -3.58. The molecule has 0 bridgehead atoms. The molecule has 37 heavy (non-hydrogen) atoms. The maximum atomic E-state index is 13.3. The Balaban J connectivity index is 0.000000604. The van der Waals surface area contributed by atoms with Gasteiger partial charge in [-0.1, -0.05) is 0 Å². The van der Waals surface area contributed by atoms with Crippen molar-refractivity contribution in [3.63, 3.8) is 0 Å². The smallest absolute Gasteiger partial charge is 0.475 e. The molecule has 0 unspecified atom stereocenters. The van der Waals surface area contributed by atoms with Crippen molar-refractivity contribution < 1.29 is 44.7 Å². The third kappa shape index (κ3) is 9.56. The number of aromatic nitrogens is 4. The molecule has 0 saturated heterocycles. The SMILES string of the molecule is NS(=O)(=O)CCCCNc1cc(N2CCc3[nH][nH]c(=O)c3CC2)nc(C(F)(F)F)n1.O=C(O)C(F)(F)F. The average molecular weight is 563 g/mol. The van der Waals surface area contributed by atoms with Gasteiger partial charge in [0, 0.05) is 43.4 Å². The number of rotatable bonds is 7. The van der Waals surface area contributed by atoms with Crippen molar-refractivity contribution in [1.82, 2.24) is 20.2 Å². The number of carboxylic acids is 1. The minimum atomic E-state index is -5.08. The summed E-state index contributed by atoms with van der Waals surface area (Å²) in [6.45, 7) is 0.933. The number of carboxylic acid groups (broad SMARTS) is 1. The number of aliphatic carboxylic acids is 1. The maximum Gasteiger partial charge on any atom is 0.490 e. The molecule has 0 amide bonds. The van der Waals surface area contributed by atoms with Crippen molar-refractivity contribution in [2.75, 3.05) is 35.6 Å². The number of halogens is 6. The number of alkyl halides is 6. The van der Waals surface area contributed by atoms with Crippen LogP contribution in [-0.2, 0) is 33.8 Å². The molecule has 0 atom stereocenters. The minimum Gasteiger partial charge on any atom is -0.475 e. The van der Waals surface area contributed by atoms with Crippen LogP contribution in [0.25, 0.3) is 0 Å². The standard InChI is InChI=1S/C16H22F3N7O3S.C2HF3O2/c17-16(18,19)15-22-12(21-5-1-2-8-30(20,28)29)9-13(23-15)26-6-3-10-11(4-7-26)24-25-14(10)27;3-2(4,5)1(6)7/h9H,1-8H2,(H2,20,28,29)(H,21,22,23)(H2,24,25,27);(H,6,7). The monoisotopic (exact) mass is 563 g/mol. The lowest BCUT2D eigenvalue weighted by Gasteiger charge is -2.23. The highest BCUT2D eigenvalue weighted by atomic mass is 32.2. The number of carbonyl (C=O) groups is 1. The van der Waals surface area contributed by atoms with Crippen molar-refractivity contribution in [2.24, 2.45) is 5.14 Å². The van der Waals surface area contributed by atoms with Gasteiger partial charge in [-0.2, -0.15) is 26.3 Å². The second kappa shape index (κ2) is 11.8. The molecule has 1 aliphatic rings. The van der Waals surface area contributed by atoms with Crippen LogP contribution in [0.3, 0.4) is 0 Å². The van der Waals surface area contributed by atoms with Crippen LogP contribution in [0.1, 0.15) is 29.9 Å². The first kappa shape index (κ1) is 29.9. The normalized spacial score (nSPS) is 14.3. The van der Waals surface area contributed by atoms with Gasteiger partial charge in [0.1, 0.15) is 11.6 Å². The zero-order valence-corrected chi connectivity index (χ0v) is 19.7. The van der Waals surface area contributed by atoms with Crippen LogP contribution < -0.4 is 20.9 Å². The summed E-state index contributed by atoms with van der Waals surface area (Å²) < 4.78 is 93.5. The number of anilines is 2. The second-order valence-corrected chi connectivity index (χ2v) is 9.49. The van der Waals surface area contributed by atoms with E-state index in [1.54, 1.807) is 4.90 Å². The van der Waals surface area contributed by atoms with Crippen LogP contribution in [0.4, 0.5) is 38.0 Å². The topological polar surface area (TPSA) is 187 Å². The van der Waals surface area contributed by atoms with Gasteiger partial charge in [-0.15, -0.1) is 0 Å². The van der Waals surface area contributed by atoms with E-state index in [0.717, 1.165) is 5.69 Å². The highest BCUT2D eigenvalue weighted by Crippen LogP contribution is 2.30. The van der Waals surface area contributed by atoms with E-state index in [9.17, 15) is 39.6 Å². The van der Waals surface area contributed by atoms with Crippen LogP contribution in [0, 0.1) is 0 Å². The van der Waals surface area contributed by atoms with E-state index >= 15 is 0 Å². The number of nitrogens with two attached hydrogens (primary N) is 1. The number of fused-ring (bicyclic) bond motifs is 1. The molecule has 0 saturated carbocycles. The lowest BCUT2D eigenvalue weighted by Crippen LogP contribution is -2.29. The number of unbranched alkanes of at least 4 members (excludes halogenated alkanes) is 1. The van der Waals surface area contributed by atoms with Crippen molar-refractivity contribution in [1.29, 1.82) is 0 Å². The molecular weight excluding hydrogens is 540 g/mol. The molecule has 0 radical (unpaired) electrons.